The van der Waals surface area contributed by atoms with Gasteiger partial charge in [0.1, 0.15) is 6.54 Å². The smallest absolute Gasteiger partial charge is 0.267 e. The van der Waals surface area contributed by atoms with E-state index in [-0.39, 0.29) is 24.1 Å². The predicted molar refractivity (Wildman–Crippen MR) is 127 cm³/mol. The quantitative estimate of drug-likeness (QED) is 0.450. The van der Waals surface area contributed by atoms with Crippen LogP contribution in [0.15, 0.2) is 102 Å². The second kappa shape index (κ2) is 9.75. The number of nitrogens with one attached hydrogen (secondary N) is 2. The molecule has 3 aromatic carbocycles. The van der Waals surface area contributed by atoms with Crippen LogP contribution in [0.3, 0.4) is 0 Å². The van der Waals surface area contributed by atoms with Crippen molar-refractivity contribution in [3.05, 3.63) is 113 Å². The van der Waals surface area contributed by atoms with Gasteiger partial charge in [-0.15, -0.1) is 0 Å². The standard InChI is InChI=1S/C26H24N4O2/c1-19(20-8-4-2-5-9-20)27-22-12-14-23(15-13-22)28-25(31)18-30-26(32)17-16-24(29-30)21-10-6-3-7-11-21/h2-17,19,27H,18H2,1H3,(H,28,31). The lowest BCUT2D eigenvalue weighted by atomic mass is 10.1. The van der Waals surface area contributed by atoms with Gasteiger partial charge in [-0.25, -0.2) is 4.68 Å². The molecule has 4 aromatic rings. The molecule has 160 valence electrons. The molecule has 0 saturated carbocycles. The summed E-state index contributed by atoms with van der Waals surface area (Å²) in [4.78, 5) is 24.7. The fourth-order valence-corrected chi connectivity index (χ4v) is 3.39. The number of hydrogen-bond acceptors (Lipinski definition) is 4. The van der Waals surface area contributed by atoms with Gasteiger partial charge in [-0.3, -0.25) is 9.59 Å². The Morgan fingerprint density at radius 1 is 0.844 bits per heavy atom. The van der Waals surface area contributed by atoms with Gasteiger partial charge in [0.15, 0.2) is 0 Å². The first-order chi connectivity index (χ1) is 15.6. The van der Waals surface area contributed by atoms with Crippen LogP contribution in [0, 0.1) is 0 Å². The number of anilines is 2. The molecule has 0 saturated heterocycles. The molecule has 1 atom stereocenters. The maximum Gasteiger partial charge on any atom is 0.267 e. The lowest BCUT2D eigenvalue weighted by Gasteiger charge is -2.16. The number of carbonyl (C=O) groups excluding carboxylic acids is 1. The van der Waals surface area contributed by atoms with Crippen molar-refractivity contribution in [1.82, 2.24) is 9.78 Å². The molecule has 1 amide bonds. The van der Waals surface area contributed by atoms with E-state index in [2.05, 4.69) is 34.8 Å². The zero-order chi connectivity index (χ0) is 22.3. The van der Waals surface area contributed by atoms with E-state index in [4.69, 9.17) is 0 Å². The number of aromatic nitrogens is 2. The molecular formula is C26H24N4O2. The van der Waals surface area contributed by atoms with Crippen molar-refractivity contribution in [1.29, 1.82) is 0 Å². The highest BCUT2D eigenvalue weighted by Gasteiger charge is 2.09. The first kappa shape index (κ1) is 21.1. The van der Waals surface area contributed by atoms with E-state index in [1.807, 2.05) is 72.8 Å². The van der Waals surface area contributed by atoms with Crippen molar-refractivity contribution < 1.29 is 4.79 Å². The van der Waals surface area contributed by atoms with E-state index in [0.29, 0.717) is 11.4 Å². The molecule has 1 unspecified atom stereocenters. The molecule has 0 bridgehead atoms. The first-order valence-electron chi connectivity index (χ1n) is 10.4. The Kier molecular flexibility index (Phi) is 6.41. The highest BCUT2D eigenvalue weighted by atomic mass is 16.2. The number of hydrogen-bond donors (Lipinski definition) is 2. The summed E-state index contributed by atoms with van der Waals surface area (Å²) in [6.07, 6.45) is 0. The molecule has 0 aliphatic heterocycles. The second-order valence-corrected chi connectivity index (χ2v) is 7.48. The van der Waals surface area contributed by atoms with Crippen molar-refractivity contribution in [2.24, 2.45) is 0 Å². The van der Waals surface area contributed by atoms with Gasteiger partial charge < -0.3 is 10.6 Å². The lowest BCUT2D eigenvalue weighted by molar-refractivity contribution is -0.117. The van der Waals surface area contributed by atoms with E-state index in [9.17, 15) is 9.59 Å². The third kappa shape index (κ3) is 5.29. The van der Waals surface area contributed by atoms with E-state index >= 15 is 0 Å². The summed E-state index contributed by atoms with van der Waals surface area (Å²) in [5.74, 6) is -0.317. The molecular weight excluding hydrogens is 400 g/mol. The summed E-state index contributed by atoms with van der Waals surface area (Å²) in [5.41, 5.74) is 4.00. The van der Waals surface area contributed by atoms with Crippen LogP contribution in [-0.4, -0.2) is 15.7 Å². The van der Waals surface area contributed by atoms with E-state index in [0.717, 1.165) is 11.3 Å². The molecule has 32 heavy (non-hydrogen) atoms. The van der Waals surface area contributed by atoms with Gasteiger partial charge in [-0.05, 0) is 42.8 Å². The van der Waals surface area contributed by atoms with Gasteiger partial charge in [-0.1, -0.05) is 60.7 Å². The molecule has 0 radical (unpaired) electrons. The monoisotopic (exact) mass is 424 g/mol. The number of benzene rings is 3. The van der Waals surface area contributed by atoms with Gasteiger partial charge in [-0.2, -0.15) is 5.10 Å². The molecule has 1 heterocycles. The van der Waals surface area contributed by atoms with Crippen molar-refractivity contribution in [2.75, 3.05) is 10.6 Å². The number of nitrogens with zero attached hydrogens (tertiary/aromatic N) is 2. The first-order valence-corrected chi connectivity index (χ1v) is 10.4. The van der Waals surface area contributed by atoms with Crippen molar-refractivity contribution in [3.63, 3.8) is 0 Å². The summed E-state index contributed by atoms with van der Waals surface area (Å²) in [5, 5.41) is 10.6. The number of carbonyl (C=O) groups is 1. The summed E-state index contributed by atoms with van der Waals surface area (Å²) in [7, 11) is 0. The molecule has 2 N–H and O–H groups in total. The van der Waals surface area contributed by atoms with Crippen LogP contribution < -0.4 is 16.2 Å². The molecule has 6 heteroatoms. The van der Waals surface area contributed by atoms with Crippen LogP contribution in [0.5, 0.6) is 0 Å². The van der Waals surface area contributed by atoms with Crippen molar-refractivity contribution in [2.45, 2.75) is 19.5 Å². The Hall–Kier alpha value is -4.19. The Morgan fingerprint density at radius 2 is 1.47 bits per heavy atom. The van der Waals surface area contributed by atoms with Gasteiger partial charge in [0, 0.05) is 29.0 Å². The van der Waals surface area contributed by atoms with Crippen LogP contribution in [0.4, 0.5) is 11.4 Å². The summed E-state index contributed by atoms with van der Waals surface area (Å²) < 4.78 is 1.18. The highest BCUT2D eigenvalue weighted by Crippen LogP contribution is 2.20. The van der Waals surface area contributed by atoms with Crippen LogP contribution in [-0.2, 0) is 11.3 Å². The van der Waals surface area contributed by atoms with Crippen LogP contribution in [0.2, 0.25) is 0 Å². The van der Waals surface area contributed by atoms with Crippen molar-refractivity contribution in [3.8, 4) is 11.3 Å². The highest BCUT2D eigenvalue weighted by molar-refractivity contribution is 5.90. The normalized spacial score (nSPS) is 11.5. The second-order valence-electron chi connectivity index (χ2n) is 7.48. The molecule has 0 spiro atoms. The zero-order valence-corrected chi connectivity index (χ0v) is 17.7. The van der Waals surface area contributed by atoms with Gasteiger partial charge >= 0.3 is 0 Å². The van der Waals surface area contributed by atoms with Crippen LogP contribution in [0.25, 0.3) is 11.3 Å². The minimum atomic E-state index is -0.325. The fourth-order valence-electron chi connectivity index (χ4n) is 3.39. The zero-order valence-electron chi connectivity index (χ0n) is 17.7. The Morgan fingerprint density at radius 3 is 2.16 bits per heavy atom. The fraction of sp³-hybridized carbons (Fsp3) is 0.115. The SMILES string of the molecule is CC(Nc1ccc(NC(=O)Cn2nc(-c3ccccc3)ccc2=O)cc1)c1ccccc1. The molecule has 0 fully saturated rings. The number of amides is 1. The summed E-state index contributed by atoms with van der Waals surface area (Å²) in [6.45, 7) is 1.93. The molecule has 0 aliphatic rings. The van der Waals surface area contributed by atoms with Gasteiger partial charge in [0.2, 0.25) is 5.91 Å². The number of rotatable bonds is 7. The average molecular weight is 425 g/mol. The molecule has 0 aliphatic carbocycles. The van der Waals surface area contributed by atoms with E-state index < -0.39 is 0 Å². The Labute approximate surface area is 186 Å². The lowest BCUT2D eigenvalue weighted by Crippen LogP contribution is -2.29. The largest absolute Gasteiger partial charge is 0.379 e. The Balaban J connectivity index is 1.39. The third-order valence-corrected chi connectivity index (χ3v) is 5.08. The minimum absolute atomic E-state index is 0.159. The maximum atomic E-state index is 12.5. The molecule has 6 nitrogen and oxygen atoms in total. The predicted octanol–water partition coefficient (Wildman–Crippen LogP) is 4.72. The Bertz CT molecular complexity index is 1240. The summed E-state index contributed by atoms with van der Waals surface area (Å²) in [6, 6.07) is 30.4. The molecule has 4 rings (SSSR count). The third-order valence-electron chi connectivity index (χ3n) is 5.08. The van der Waals surface area contributed by atoms with Gasteiger partial charge in [0.25, 0.3) is 5.56 Å². The maximum absolute atomic E-state index is 12.5. The van der Waals surface area contributed by atoms with Gasteiger partial charge in [0.05, 0.1) is 5.69 Å². The van der Waals surface area contributed by atoms with Crippen LogP contribution in [0.1, 0.15) is 18.5 Å². The van der Waals surface area contributed by atoms with E-state index in [1.165, 1.54) is 16.3 Å². The molecule has 1 aromatic heterocycles. The minimum Gasteiger partial charge on any atom is -0.379 e. The van der Waals surface area contributed by atoms with E-state index in [1.54, 1.807) is 6.07 Å². The summed E-state index contributed by atoms with van der Waals surface area (Å²) >= 11 is 0. The average Bonchev–Trinajstić information content (AvgIpc) is 2.83. The topological polar surface area (TPSA) is 76.0 Å². The van der Waals surface area contributed by atoms with Crippen LogP contribution >= 0.6 is 0 Å². The van der Waals surface area contributed by atoms with Crippen molar-refractivity contribution >= 4 is 17.3 Å².